The third-order valence-corrected chi connectivity index (χ3v) is 4.05. The smallest absolute Gasteiger partial charge is 0.274 e. The van der Waals surface area contributed by atoms with Crippen molar-refractivity contribution in [2.45, 2.75) is 37.8 Å². The van der Waals surface area contributed by atoms with Crippen molar-refractivity contribution in [2.75, 3.05) is 7.11 Å². The summed E-state index contributed by atoms with van der Waals surface area (Å²) in [7, 11) is 1.71. The maximum atomic E-state index is 12.4. The highest BCUT2D eigenvalue weighted by molar-refractivity contribution is 5.95. The first-order chi connectivity index (χ1) is 11.2. The van der Waals surface area contributed by atoms with Gasteiger partial charge in [-0.2, -0.15) is 0 Å². The molecular formula is C15H19N5O3. The van der Waals surface area contributed by atoms with Crippen LogP contribution in [0, 0.1) is 0 Å². The number of ether oxygens (including phenoxy) is 1. The van der Waals surface area contributed by atoms with E-state index < -0.39 is 5.91 Å². The molecule has 1 saturated carbocycles. The SMILES string of the molecule is COC1CCC(NC(=O)c2nc(-n3ccnc3)ncc2O)CC1. The molecule has 2 N–H and O–H groups in total. The van der Waals surface area contributed by atoms with Crippen LogP contribution in [0.15, 0.2) is 24.9 Å². The number of nitrogens with one attached hydrogen (secondary N) is 1. The molecule has 0 radical (unpaired) electrons. The van der Waals surface area contributed by atoms with Crippen molar-refractivity contribution >= 4 is 5.91 Å². The Balaban J connectivity index is 1.71. The van der Waals surface area contributed by atoms with Crippen LogP contribution in [-0.4, -0.2) is 49.8 Å². The van der Waals surface area contributed by atoms with Gasteiger partial charge in [-0.05, 0) is 25.7 Å². The predicted molar refractivity (Wildman–Crippen MR) is 81.3 cm³/mol. The van der Waals surface area contributed by atoms with E-state index in [9.17, 15) is 9.90 Å². The first-order valence-corrected chi connectivity index (χ1v) is 7.55. The van der Waals surface area contributed by atoms with E-state index in [0.717, 1.165) is 25.7 Å². The van der Waals surface area contributed by atoms with Gasteiger partial charge in [0.25, 0.3) is 5.91 Å². The number of nitrogens with zero attached hydrogens (tertiary/aromatic N) is 4. The van der Waals surface area contributed by atoms with Crippen LogP contribution < -0.4 is 5.32 Å². The minimum absolute atomic E-state index is 0.0300. The lowest BCUT2D eigenvalue weighted by Crippen LogP contribution is -2.39. The molecule has 1 aliphatic carbocycles. The molecule has 2 aromatic rings. The van der Waals surface area contributed by atoms with Crippen LogP contribution in [0.5, 0.6) is 5.75 Å². The minimum Gasteiger partial charge on any atom is -0.504 e. The highest BCUT2D eigenvalue weighted by Crippen LogP contribution is 2.22. The lowest BCUT2D eigenvalue weighted by Gasteiger charge is -2.28. The second-order valence-corrected chi connectivity index (χ2v) is 5.56. The highest BCUT2D eigenvalue weighted by atomic mass is 16.5. The Morgan fingerprint density at radius 2 is 2.17 bits per heavy atom. The van der Waals surface area contributed by atoms with Crippen LogP contribution >= 0.6 is 0 Å². The van der Waals surface area contributed by atoms with Gasteiger partial charge in [-0.15, -0.1) is 0 Å². The average Bonchev–Trinajstić information content (AvgIpc) is 3.10. The van der Waals surface area contributed by atoms with E-state index in [1.807, 2.05) is 0 Å². The van der Waals surface area contributed by atoms with Crippen molar-refractivity contribution in [3.63, 3.8) is 0 Å². The molecule has 0 saturated heterocycles. The van der Waals surface area contributed by atoms with Crippen molar-refractivity contribution in [2.24, 2.45) is 0 Å². The van der Waals surface area contributed by atoms with Crippen molar-refractivity contribution in [3.05, 3.63) is 30.6 Å². The Morgan fingerprint density at radius 3 is 2.83 bits per heavy atom. The number of hydrogen-bond acceptors (Lipinski definition) is 6. The van der Waals surface area contributed by atoms with Crippen LogP contribution in [0.25, 0.3) is 5.95 Å². The molecule has 0 aromatic carbocycles. The van der Waals surface area contributed by atoms with E-state index in [-0.39, 0.29) is 29.5 Å². The molecule has 8 heteroatoms. The van der Waals surface area contributed by atoms with E-state index >= 15 is 0 Å². The molecule has 0 bridgehead atoms. The molecule has 122 valence electrons. The molecule has 2 aromatic heterocycles. The van der Waals surface area contributed by atoms with E-state index in [0.29, 0.717) is 0 Å². The van der Waals surface area contributed by atoms with E-state index in [1.165, 1.54) is 12.5 Å². The number of methoxy groups -OCH3 is 1. The molecule has 1 aliphatic rings. The number of aromatic nitrogens is 4. The van der Waals surface area contributed by atoms with E-state index in [2.05, 4.69) is 20.3 Å². The van der Waals surface area contributed by atoms with Crippen molar-refractivity contribution in [3.8, 4) is 11.7 Å². The quantitative estimate of drug-likeness (QED) is 0.874. The fraction of sp³-hybridized carbons (Fsp3) is 0.467. The van der Waals surface area contributed by atoms with Crippen molar-refractivity contribution < 1.29 is 14.6 Å². The second kappa shape index (κ2) is 6.74. The van der Waals surface area contributed by atoms with Gasteiger partial charge in [0.15, 0.2) is 11.4 Å². The summed E-state index contributed by atoms with van der Waals surface area (Å²) in [4.78, 5) is 24.4. The standard InChI is InChI=1S/C15H19N5O3/c1-23-11-4-2-10(3-5-11)18-14(22)13-12(21)8-17-15(19-13)20-7-6-16-9-20/h6-11,21H,2-5H2,1H3,(H,18,22). The van der Waals surface area contributed by atoms with Crippen LogP contribution in [0.3, 0.4) is 0 Å². The lowest BCUT2D eigenvalue weighted by atomic mass is 9.93. The summed E-state index contributed by atoms with van der Waals surface area (Å²) in [5.74, 6) is -0.349. The van der Waals surface area contributed by atoms with Gasteiger partial charge in [0.1, 0.15) is 6.33 Å². The summed E-state index contributed by atoms with van der Waals surface area (Å²) in [6.45, 7) is 0. The predicted octanol–water partition coefficient (Wildman–Crippen LogP) is 1.06. The summed E-state index contributed by atoms with van der Waals surface area (Å²) in [6, 6.07) is 0.0694. The third kappa shape index (κ3) is 3.48. The van der Waals surface area contributed by atoms with Crippen LogP contribution in [-0.2, 0) is 4.74 Å². The summed E-state index contributed by atoms with van der Waals surface area (Å²) < 4.78 is 6.89. The Labute approximate surface area is 133 Å². The Bertz CT molecular complexity index is 666. The summed E-state index contributed by atoms with van der Waals surface area (Å²) in [5.41, 5.74) is -0.0300. The molecular weight excluding hydrogens is 298 g/mol. The molecule has 2 heterocycles. The van der Waals surface area contributed by atoms with Gasteiger partial charge in [-0.3, -0.25) is 9.36 Å². The molecule has 3 rings (SSSR count). The average molecular weight is 317 g/mol. The maximum Gasteiger partial charge on any atom is 0.274 e. The zero-order chi connectivity index (χ0) is 16.2. The number of hydrogen-bond donors (Lipinski definition) is 2. The number of carbonyl (C=O) groups is 1. The van der Waals surface area contributed by atoms with Gasteiger partial charge >= 0.3 is 0 Å². The van der Waals surface area contributed by atoms with Gasteiger partial charge < -0.3 is 15.2 Å². The molecule has 8 nitrogen and oxygen atoms in total. The second-order valence-electron chi connectivity index (χ2n) is 5.56. The van der Waals surface area contributed by atoms with Gasteiger partial charge in [-0.1, -0.05) is 0 Å². The van der Waals surface area contributed by atoms with Crippen LogP contribution in [0.2, 0.25) is 0 Å². The highest BCUT2D eigenvalue weighted by Gasteiger charge is 2.24. The molecule has 1 fully saturated rings. The topological polar surface area (TPSA) is 102 Å². The fourth-order valence-electron chi connectivity index (χ4n) is 2.73. The van der Waals surface area contributed by atoms with E-state index in [1.54, 1.807) is 24.1 Å². The molecule has 23 heavy (non-hydrogen) atoms. The summed E-state index contributed by atoms with van der Waals surface area (Å²) in [6.07, 6.45) is 9.80. The molecule has 1 amide bonds. The van der Waals surface area contributed by atoms with Crippen molar-refractivity contribution in [1.82, 2.24) is 24.8 Å². The number of aromatic hydroxyl groups is 1. The Kier molecular flexibility index (Phi) is 4.52. The maximum absolute atomic E-state index is 12.4. The zero-order valence-corrected chi connectivity index (χ0v) is 12.8. The van der Waals surface area contributed by atoms with E-state index in [4.69, 9.17) is 4.74 Å². The third-order valence-electron chi connectivity index (χ3n) is 4.05. The monoisotopic (exact) mass is 317 g/mol. The number of imidazole rings is 1. The molecule has 0 unspecified atom stereocenters. The number of carbonyl (C=O) groups excluding carboxylic acids is 1. The summed E-state index contributed by atoms with van der Waals surface area (Å²) in [5, 5.41) is 12.8. The van der Waals surface area contributed by atoms with Gasteiger partial charge in [0, 0.05) is 25.5 Å². The van der Waals surface area contributed by atoms with Gasteiger partial charge in [-0.25, -0.2) is 15.0 Å². The number of rotatable bonds is 4. The van der Waals surface area contributed by atoms with Crippen LogP contribution in [0.1, 0.15) is 36.2 Å². The Hall–Kier alpha value is -2.48. The number of amides is 1. The van der Waals surface area contributed by atoms with Crippen LogP contribution in [0.4, 0.5) is 0 Å². The summed E-state index contributed by atoms with van der Waals surface area (Å²) >= 11 is 0. The minimum atomic E-state index is -0.396. The lowest BCUT2D eigenvalue weighted by molar-refractivity contribution is 0.0598. The Morgan fingerprint density at radius 1 is 1.39 bits per heavy atom. The first-order valence-electron chi connectivity index (χ1n) is 7.55. The van der Waals surface area contributed by atoms with Gasteiger partial charge in [0.05, 0.1) is 12.3 Å². The molecule has 0 atom stereocenters. The first kappa shape index (κ1) is 15.4. The van der Waals surface area contributed by atoms with Gasteiger partial charge in [0.2, 0.25) is 5.95 Å². The molecule has 0 aliphatic heterocycles. The fourth-order valence-corrected chi connectivity index (χ4v) is 2.73. The molecule has 0 spiro atoms. The van der Waals surface area contributed by atoms with Crippen molar-refractivity contribution in [1.29, 1.82) is 0 Å². The zero-order valence-electron chi connectivity index (χ0n) is 12.8. The largest absolute Gasteiger partial charge is 0.504 e. The normalized spacial score (nSPS) is 21.1.